The van der Waals surface area contributed by atoms with Crippen molar-refractivity contribution in [3.8, 4) is 0 Å². The van der Waals surface area contributed by atoms with Gasteiger partial charge in [-0.3, -0.25) is 0 Å². The van der Waals surface area contributed by atoms with Gasteiger partial charge in [-0.1, -0.05) is 35.7 Å². The zero-order valence-corrected chi connectivity index (χ0v) is 9.09. The molecular weight excluding hydrogens is 170 g/mol. The first-order valence-electron chi connectivity index (χ1n) is 5.50. The van der Waals surface area contributed by atoms with E-state index in [-0.39, 0.29) is 0 Å². The van der Waals surface area contributed by atoms with Crippen LogP contribution >= 0.6 is 0 Å². The number of nitrogens with two attached hydrogens (primary N) is 1. The molecule has 1 saturated carbocycles. The van der Waals surface area contributed by atoms with E-state index < -0.39 is 0 Å². The minimum Gasteiger partial charge on any atom is -0.327 e. The van der Waals surface area contributed by atoms with Crippen LogP contribution in [0, 0.1) is 13.8 Å². The van der Waals surface area contributed by atoms with E-state index in [0.717, 1.165) is 0 Å². The van der Waals surface area contributed by atoms with Crippen molar-refractivity contribution >= 4 is 0 Å². The van der Waals surface area contributed by atoms with E-state index in [1.165, 1.54) is 36.0 Å². The lowest BCUT2D eigenvalue weighted by Crippen LogP contribution is -2.22. The van der Waals surface area contributed by atoms with Gasteiger partial charge in [0.05, 0.1) is 0 Å². The fourth-order valence-electron chi connectivity index (χ4n) is 2.63. The van der Waals surface area contributed by atoms with Gasteiger partial charge in [0.25, 0.3) is 0 Å². The van der Waals surface area contributed by atoms with Crippen LogP contribution in [0.15, 0.2) is 18.2 Å². The van der Waals surface area contributed by atoms with E-state index in [1.54, 1.807) is 0 Å². The molecule has 0 amide bonds. The third kappa shape index (κ3) is 1.83. The minimum absolute atomic E-state index is 0.385. The molecule has 1 aromatic rings. The smallest absolute Gasteiger partial charge is 0.0108 e. The average Bonchev–Trinajstić information content (AvgIpc) is 2.49. The number of benzene rings is 1. The maximum absolute atomic E-state index is 6.11. The van der Waals surface area contributed by atoms with Crippen molar-refractivity contribution in [2.24, 2.45) is 5.73 Å². The summed E-state index contributed by atoms with van der Waals surface area (Å²) in [6.07, 6.45) is 3.75. The first-order chi connectivity index (χ1) is 6.66. The monoisotopic (exact) mass is 189 g/mol. The summed E-state index contributed by atoms with van der Waals surface area (Å²) in [5.74, 6) is 0.605. The zero-order chi connectivity index (χ0) is 10.1. The maximum atomic E-state index is 6.11. The Morgan fingerprint density at radius 2 is 1.71 bits per heavy atom. The van der Waals surface area contributed by atoms with Crippen LogP contribution in [0.25, 0.3) is 0 Å². The fraction of sp³-hybridized carbons (Fsp3) is 0.538. The molecule has 1 nitrogen and oxygen atoms in total. The highest BCUT2D eigenvalue weighted by molar-refractivity contribution is 5.32. The van der Waals surface area contributed by atoms with Crippen molar-refractivity contribution < 1.29 is 0 Å². The van der Waals surface area contributed by atoms with E-state index in [9.17, 15) is 0 Å². The third-order valence-electron chi connectivity index (χ3n) is 3.24. The summed E-state index contributed by atoms with van der Waals surface area (Å²) in [6, 6.07) is 7.20. The predicted octanol–water partition coefficient (Wildman–Crippen LogP) is 2.90. The summed E-state index contributed by atoms with van der Waals surface area (Å²) in [7, 11) is 0. The SMILES string of the molecule is Cc1cc(C)cc([C@H]2CCC[C@@H]2N)c1. The van der Waals surface area contributed by atoms with Crippen molar-refractivity contribution in [3.63, 3.8) is 0 Å². The van der Waals surface area contributed by atoms with Crippen molar-refractivity contribution in [1.82, 2.24) is 0 Å². The number of hydrogen-bond acceptors (Lipinski definition) is 1. The molecule has 1 fully saturated rings. The average molecular weight is 189 g/mol. The predicted molar refractivity (Wildman–Crippen MR) is 60.5 cm³/mol. The number of aryl methyl sites for hydroxylation is 2. The highest BCUT2D eigenvalue weighted by Crippen LogP contribution is 2.33. The Morgan fingerprint density at radius 1 is 1.07 bits per heavy atom. The van der Waals surface area contributed by atoms with Gasteiger partial charge in [0, 0.05) is 6.04 Å². The molecule has 1 aromatic carbocycles. The second kappa shape index (κ2) is 3.74. The van der Waals surface area contributed by atoms with Crippen molar-refractivity contribution in [1.29, 1.82) is 0 Å². The molecule has 1 heteroatoms. The largest absolute Gasteiger partial charge is 0.327 e. The molecule has 0 bridgehead atoms. The van der Waals surface area contributed by atoms with Crippen LogP contribution in [0.3, 0.4) is 0 Å². The molecule has 2 N–H and O–H groups in total. The Hall–Kier alpha value is -0.820. The highest BCUT2D eigenvalue weighted by Gasteiger charge is 2.25. The molecule has 0 unspecified atom stereocenters. The Morgan fingerprint density at radius 3 is 2.21 bits per heavy atom. The second-order valence-electron chi connectivity index (χ2n) is 4.62. The van der Waals surface area contributed by atoms with Gasteiger partial charge in [0.1, 0.15) is 0 Å². The summed E-state index contributed by atoms with van der Waals surface area (Å²) in [4.78, 5) is 0. The van der Waals surface area contributed by atoms with E-state index >= 15 is 0 Å². The molecule has 0 saturated heterocycles. The quantitative estimate of drug-likeness (QED) is 0.722. The fourth-order valence-corrected chi connectivity index (χ4v) is 2.63. The normalized spacial score (nSPS) is 26.8. The van der Waals surface area contributed by atoms with Crippen LogP contribution in [0.1, 0.15) is 41.9 Å². The topological polar surface area (TPSA) is 26.0 Å². The van der Waals surface area contributed by atoms with Gasteiger partial charge in [0.15, 0.2) is 0 Å². The molecule has 1 aliphatic carbocycles. The van der Waals surface area contributed by atoms with Crippen LogP contribution < -0.4 is 5.73 Å². The van der Waals surface area contributed by atoms with E-state index in [1.807, 2.05) is 0 Å². The molecular formula is C13H19N. The highest BCUT2D eigenvalue weighted by atomic mass is 14.7. The van der Waals surface area contributed by atoms with Gasteiger partial charge in [-0.25, -0.2) is 0 Å². The Bertz CT molecular complexity index is 310. The molecule has 0 heterocycles. The molecule has 2 atom stereocenters. The van der Waals surface area contributed by atoms with Crippen molar-refractivity contribution in [2.45, 2.75) is 45.1 Å². The molecule has 1 aliphatic rings. The molecule has 0 aromatic heterocycles. The molecule has 2 rings (SSSR count). The van der Waals surface area contributed by atoms with Crippen LogP contribution in [0.2, 0.25) is 0 Å². The lowest BCUT2D eigenvalue weighted by Gasteiger charge is -2.16. The van der Waals surface area contributed by atoms with E-state index in [4.69, 9.17) is 5.73 Å². The number of hydrogen-bond donors (Lipinski definition) is 1. The number of rotatable bonds is 1. The summed E-state index contributed by atoms with van der Waals surface area (Å²) in [6.45, 7) is 4.33. The van der Waals surface area contributed by atoms with E-state index in [2.05, 4.69) is 32.0 Å². The molecule has 76 valence electrons. The Kier molecular flexibility index (Phi) is 2.60. The Balaban J connectivity index is 2.31. The first kappa shape index (κ1) is 9.72. The maximum Gasteiger partial charge on any atom is 0.0108 e. The van der Waals surface area contributed by atoms with Crippen LogP contribution in [0.5, 0.6) is 0 Å². The minimum atomic E-state index is 0.385. The van der Waals surface area contributed by atoms with Gasteiger partial charge in [-0.15, -0.1) is 0 Å². The summed E-state index contributed by atoms with van der Waals surface area (Å²) in [5, 5.41) is 0. The summed E-state index contributed by atoms with van der Waals surface area (Å²) < 4.78 is 0. The van der Waals surface area contributed by atoms with Crippen LogP contribution in [0.4, 0.5) is 0 Å². The standard InChI is InChI=1S/C13H19N/c1-9-6-10(2)8-11(7-9)12-4-3-5-13(12)14/h6-8,12-13H,3-5,14H2,1-2H3/t12-,13+/m1/s1. The van der Waals surface area contributed by atoms with Crippen LogP contribution in [-0.4, -0.2) is 6.04 Å². The molecule has 14 heavy (non-hydrogen) atoms. The summed E-state index contributed by atoms with van der Waals surface area (Å²) >= 11 is 0. The molecule has 0 radical (unpaired) electrons. The van der Waals surface area contributed by atoms with Gasteiger partial charge in [-0.05, 0) is 38.2 Å². The van der Waals surface area contributed by atoms with Gasteiger partial charge < -0.3 is 5.73 Å². The lowest BCUT2D eigenvalue weighted by atomic mass is 9.92. The van der Waals surface area contributed by atoms with Crippen molar-refractivity contribution in [3.05, 3.63) is 34.9 Å². The molecule has 0 spiro atoms. The van der Waals surface area contributed by atoms with Crippen LogP contribution in [-0.2, 0) is 0 Å². The van der Waals surface area contributed by atoms with Gasteiger partial charge in [-0.2, -0.15) is 0 Å². The van der Waals surface area contributed by atoms with Gasteiger partial charge >= 0.3 is 0 Å². The second-order valence-corrected chi connectivity index (χ2v) is 4.62. The zero-order valence-electron chi connectivity index (χ0n) is 9.09. The Labute approximate surface area is 86.3 Å². The third-order valence-corrected chi connectivity index (χ3v) is 3.24. The first-order valence-corrected chi connectivity index (χ1v) is 5.50. The summed E-state index contributed by atoms with van der Waals surface area (Å²) in [5.41, 5.74) is 10.3. The molecule has 0 aliphatic heterocycles. The van der Waals surface area contributed by atoms with E-state index in [0.29, 0.717) is 12.0 Å². The van der Waals surface area contributed by atoms with Gasteiger partial charge in [0.2, 0.25) is 0 Å². The lowest BCUT2D eigenvalue weighted by molar-refractivity contribution is 0.612. The van der Waals surface area contributed by atoms with Crippen molar-refractivity contribution in [2.75, 3.05) is 0 Å².